The lowest BCUT2D eigenvalue weighted by molar-refractivity contribution is -0.125. The van der Waals surface area contributed by atoms with Gasteiger partial charge in [0, 0.05) is 0 Å². The number of nitrogens with one attached hydrogen (secondary N) is 1. The van der Waals surface area contributed by atoms with Gasteiger partial charge in [-0.2, -0.15) is 0 Å². The van der Waals surface area contributed by atoms with Crippen LogP contribution in [0, 0.1) is 5.82 Å². The Bertz CT molecular complexity index is 350. The molecule has 0 bridgehead atoms. The predicted molar refractivity (Wildman–Crippen MR) is 51.8 cm³/mol. The predicted octanol–water partition coefficient (Wildman–Crippen LogP) is 1.09. The molecule has 0 fully saturated rings. The molecule has 0 unspecified atom stereocenters. The topological polar surface area (TPSA) is 55.1 Å². The van der Waals surface area contributed by atoms with Gasteiger partial charge < -0.3 is 0 Å². The summed E-state index contributed by atoms with van der Waals surface area (Å²) in [4.78, 5) is 11.4. The summed E-state index contributed by atoms with van der Waals surface area (Å²) in [5, 5.41) is 0. The Morgan fingerprint density at radius 3 is 2.64 bits per heavy atom. The van der Waals surface area contributed by atoms with Gasteiger partial charge in [-0.25, -0.2) is 10.2 Å². The summed E-state index contributed by atoms with van der Waals surface area (Å²) in [5.74, 6) is 4.34. The average molecular weight is 196 g/mol. The molecular weight excluding hydrogens is 183 g/mol. The van der Waals surface area contributed by atoms with E-state index in [1.54, 1.807) is 26.0 Å². The molecule has 0 radical (unpaired) electrons. The van der Waals surface area contributed by atoms with E-state index in [4.69, 9.17) is 5.84 Å². The van der Waals surface area contributed by atoms with E-state index in [2.05, 4.69) is 5.43 Å². The van der Waals surface area contributed by atoms with Gasteiger partial charge >= 0.3 is 0 Å². The molecule has 0 spiro atoms. The molecule has 1 amide bonds. The summed E-state index contributed by atoms with van der Waals surface area (Å²) in [7, 11) is 0. The van der Waals surface area contributed by atoms with Gasteiger partial charge in [0.1, 0.15) is 5.82 Å². The van der Waals surface area contributed by atoms with Crippen LogP contribution in [-0.2, 0) is 10.2 Å². The monoisotopic (exact) mass is 196 g/mol. The first-order valence-corrected chi connectivity index (χ1v) is 4.25. The number of hydrogen-bond donors (Lipinski definition) is 2. The summed E-state index contributed by atoms with van der Waals surface area (Å²) in [5.41, 5.74) is 1.84. The van der Waals surface area contributed by atoms with Crippen molar-refractivity contribution in [2.45, 2.75) is 19.3 Å². The summed E-state index contributed by atoms with van der Waals surface area (Å²) in [6, 6.07) is 5.92. The quantitative estimate of drug-likeness (QED) is 0.422. The molecule has 1 aromatic rings. The Morgan fingerprint density at radius 1 is 1.50 bits per heavy atom. The number of carbonyl (C=O) groups excluding carboxylic acids is 1. The number of carbonyl (C=O) groups is 1. The maximum absolute atomic E-state index is 12.9. The Kier molecular flexibility index (Phi) is 2.86. The lowest BCUT2D eigenvalue weighted by Gasteiger charge is -2.22. The highest BCUT2D eigenvalue weighted by Gasteiger charge is 2.29. The van der Waals surface area contributed by atoms with Gasteiger partial charge in [-0.15, -0.1) is 0 Å². The lowest BCUT2D eigenvalue weighted by atomic mass is 9.84. The highest BCUT2D eigenvalue weighted by Crippen LogP contribution is 2.23. The van der Waals surface area contributed by atoms with Gasteiger partial charge in [-0.05, 0) is 31.5 Å². The maximum atomic E-state index is 12.9. The first-order valence-electron chi connectivity index (χ1n) is 4.25. The van der Waals surface area contributed by atoms with Crippen LogP contribution >= 0.6 is 0 Å². The van der Waals surface area contributed by atoms with Crippen LogP contribution in [0.4, 0.5) is 4.39 Å². The molecule has 3 nitrogen and oxygen atoms in total. The van der Waals surface area contributed by atoms with Crippen molar-refractivity contribution in [2.75, 3.05) is 0 Å². The fraction of sp³-hybridized carbons (Fsp3) is 0.300. The minimum absolute atomic E-state index is 0.344. The molecule has 3 N–H and O–H groups in total. The fourth-order valence-electron chi connectivity index (χ4n) is 1.19. The second-order valence-electron chi connectivity index (χ2n) is 3.61. The van der Waals surface area contributed by atoms with Crippen molar-refractivity contribution >= 4 is 5.91 Å². The number of amides is 1. The number of halogens is 1. The molecule has 0 heterocycles. The Morgan fingerprint density at radius 2 is 2.14 bits per heavy atom. The van der Waals surface area contributed by atoms with Crippen molar-refractivity contribution in [3.05, 3.63) is 35.6 Å². The number of hydrazine groups is 1. The molecule has 14 heavy (non-hydrogen) atoms. The first kappa shape index (κ1) is 10.7. The van der Waals surface area contributed by atoms with Crippen LogP contribution in [0.5, 0.6) is 0 Å². The zero-order chi connectivity index (χ0) is 10.8. The number of nitrogens with two attached hydrogens (primary N) is 1. The minimum Gasteiger partial charge on any atom is -0.294 e. The number of benzene rings is 1. The molecule has 1 rings (SSSR count). The van der Waals surface area contributed by atoms with Crippen molar-refractivity contribution < 1.29 is 9.18 Å². The van der Waals surface area contributed by atoms with Crippen LogP contribution in [0.15, 0.2) is 24.3 Å². The molecule has 0 aromatic heterocycles. The zero-order valence-corrected chi connectivity index (χ0v) is 8.17. The molecule has 0 aliphatic heterocycles. The second kappa shape index (κ2) is 3.75. The smallest absolute Gasteiger partial charge is 0.243 e. The normalized spacial score (nSPS) is 11.1. The number of rotatable bonds is 2. The zero-order valence-electron chi connectivity index (χ0n) is 8.17. The molecule has 76 valence electrons. The molecule has 0 aliphatic rings. The Hall–Kier alpha value is -1.42. The fourth-order valence-corrected chi connectivity index (χ4v) is 1.19. The molecule has 0 saturated heterocycles. The van der Waals surface area contributed by atoms with Gasteiger partial charge in [0.15, 0.2) is 0 Å². The Labute approximate surface area is 82.1 Å². The van der Waals surface area contributed by atoms with Crippen LogP contribution in [0.2, 0.25) is 0 Å². The Balaban J connectivity index is 3.09. The maximum Gasteiger partial charge on any atom is 0.243 e. The summed E-state index contributed by atoms with van der Waals surface area (Å²) >= 11 is 0. The van der Waals surface area contributed by atoms with E-state index in [1.807, 2.05) is 0 Å². The summed E-state index contributed by atoms with van der Waals surface area (Å²) in [6.07, 6.45) is 0. The largest absolute Gasteiger partial charge is 0.294 e. The van der Waals surface area contributed by atoms with Crippen LogP contribution in [-0.4, -0.2) is 5.91 Å². The van der Waals surface area contributed by atoms with Crippen molar-refractivity contribution in [2.24, 2.45) is 5.84 Å². The van der Waals surface area contributed by atoms with Crippen molar-refractivity contribution in [3.8, 4) is 0 Å². The lowest BCUT2D eigenvalue weighted by Crippen LogP contribution is -2.43. The highest BCUT2D eigenvalue weighted by atomic mass is 19.1. The molecule has 0 saturated carbocycles. The molecular formula is C10H13FN2O. The molecule has 0 atom stereocenters. The van der Waals surface area contributed by atoms with Crippen molar-refractivity contribution in [1.29, 1.82) is 0 Å². The molecule has 4 heteroatoms. The van der Waals surface area contributed by atoms with E-state index in [-0.39, 0.29) is 11.7 Å². The molecule has 1 aromatic carbocycles. The van der Waals surface area contributed by atoms with Crippen molar-refractivity contribution in [3.63, 3.8) is 0 Å². The van der Waals surface area contributed by atoms with Gasteiger partial charge in [-0.3, -0.25) is 10.2 Å². The van der Waals surface area contributed by atoms with E-state index >= 15 is 0 Å². The minimum atomic E-state index is -0.823. The number of hydrogen-bond acceptors (Lipinski definition) is 2. The van der Waals surface area contributed by atoms with Gasteiger partial charge in [0.2, 0.25) is 5.91 Å². The van der Waals surface area contributed by atoms with Crippen LogP contribution < -0.4 is 11.3 Å². The van der Waals surface area contributed by atoms with Crippen LogP contribution in [0.25, 0.3) is 0 Å². The van der Waals surface area contributed by atoms with Crippen LogP contribution in [0.3, 0.4) is 0 Å². The van der Waals surface area contributed by atoms with Crippen molar-refractivity contribution in [1.82, 2.24) is 5.43 Å². The summed E-state index contributed by atoms with van der Waals surface area (Å²) in [6.45, 7) is 3.37. The van der Waals surface area contributed by atoms with E-state index in [0.717, 1.165) is 0 Å². The third-order valence-corrected chi connectivity index (χ3v) is 2.25. The summed E-state index contributed by atoms with van der Waals surface area (Å²) < 4.78 is 12.9. The van der Waals surface area contributed by atoms with Gasteiger partial charge in [-0.1, -0.05) is 12.1 Å². The van der Waals surface area contributed by atoms with Gasteiger partial charge in [0.05, 0.1) is 5.41 Å². The average Bonchev–Trinajstić information content (AvgIpc) is 2.16. The van der Waals surface area contributed by atoms with Crippen LogP contribution in [0.1, 0.15) is 19.4 Å². The van der Waals surface area contributed by atoms with Gasteiger partial charge in [0.25, 0.3) is 0 Å². The van der Waals surface area contributed by atoms with E-state index < -0.39 is 5.41 Å². The highest BCUT2D eigenvalue weighted by molar-refractivity contribution is 5.86. The standard InChI is InChI=1S/C10H13FN2O/c1-10(2,9(14)13-12)7-4-3-5-8(11)6-7/h3-6H,12H2,1-2H3,(H,13,14). The molecule has 0 aliphatic carbocycles. The SMILES string of the molecule is CC(C)(C(=O)NN)c1cccc(F)c1. The second-order valence-corrected chi connectivity index (χ2v) is 3.61. The van der Waals surface area contributed by atoms with E-state index in [1.165, 1.54) is 12.1 Å². The van der Waals surface area contributed by atoms with E-state index in [0.29, 0.717) is 5.56 Å². The van der Waals surface area contributed by atoms with E-state index in [9.17, 15) is 9.18 Å². The third-order valence-electron chi connectivity index (χ3n) is 2.25. The third kappa shape index (κ3) is 1.90. The first-order chi connectivity index (χ1) is 6.48.